The van der Waals surface area contributed by atoms with E-state index < -0.39 is 5.97 Å². The number of carboxylic acids is 1. The standard InChI is InChI=1S/C26H29ClN2O3S/c1-4-19-20-9-11-29(12-10-25(30)31)15-18(20)5-7-21(19)24-14-28-26(33-24)17-6-8-23(22(27)13-17)32-16(2)3/h5-8,13-14,16H,4,9-12,15H2,1-3H3,(H,30,31). The Kier molecular flexibility index (Phi) is 7.37. The van der Waals surface area contributed by atoms with Crippen LogP contribution in [0.25, 0.3) is 21.0 Å². The zero-order valence-electron chi connectivity index (χ0n) is 19.2. The number of halogens is 1. The van der Waals surface area contributed by atoms with Gasteiger partial charge in [-0.3, -0.25) is 9.69 Å². The smallest absolute Gasteiger partial charge is 0.304 e. The van der Waals surface area contributed by atoms with Crippen molar-refractivity contribution in [1.82, 2.24) is 9.88 Å². The SMILES string of the molecule is CCc1c(-c2cnc(-c3ccc(OC(C)C)c(Cl)c3)s2)ccc2c1CCN(CCC(=O)O)C2. The van der Waals surface area contributed by atoms with Crippen LogP contribution in [0.2, 0.25) is 5.02 Å². The fourth-order valence-corrected chi connectivity index (χ4v) is 5.58. The summed E-state index contributed by atoms with van der Waals surface area (Å²) in [5.74, 6) is -0.0534. The van der Waals surface area contributed by atoms with Gasteiger partial charge < -0.3 is 9.84 Å². The number of fused-ring (bicyclic) bond motifs is 1. The Labute approximate surface area is 204 Å². The summed E-state index contributed by atoms with van der Waals surface area (Å²) in [5.41, 5.74) is 6.32. The molecule has 0 saturated carbocycles. The van der Waals surface area contributed by atoms with Gasteiger partial charge in [0.05, 0.1) is 22.4 Å². The molecule has 2 heterocycles. The lowest BCUT2D eigenvalue weighted by Gasteiger charge is -2.30. The second kappa shape index (κ2) is 10.2. The Hall–Kier alpha value is -2.41. The average molecular weight is 485 g/mol. The van der Waals surface area contributed by atoms with Crippen molar-refractivity contribution in [3.8, 4) is 26.8 Å². The van der Waals surface area contributed by atoms with Gasteiger partial charge in [0.2, 0.25) is 0 Å². The summed E-state index contributed by atoms with van der Waals surface area (Å²) in [6, 6.07) is 10.2. The number of aromatic nitrogens is 1. The average Bonchev–Trinajstić information content (AvgIpc) is 3.27. The summed E-state index contributed by atoms with van der Waals surface area (Å²) < 4.78 is 5.75. The quantitative estimate of drug-likeness (QED) is 0.405. The number of thiazole rings is 1. The van der Waals surface area contributed by atoms with E-state index >= 15 is 0 Å². The minimum atomic E-state index is -0.741. The van der Waals surface area contributed by atoms with Gasteiger partial charge in [-0.05, 0) is 67.1 Å². The normalized spacial score (nSPS) is 13.8. The molecule has 0 aliphatic carbocycles. The van der Waals surface area contributed by atoms with Gasteiger partial charge in [0.1, 0.15) is 10.8 Å². The zero-order valence-corrected chi connectivity index (χ0v) is 20.8. The van der Waals surface area contributed by atoms with Gasteiger partial charge in [-0.2, -0.15) is 0 Å². The van der Waals surface area contributed by atoms with E-state index in [4.69, 9.17) is 26.4 Å². The highest BCUT2D eigenvalue weighted by atomic mass is 35.5. The maximum atomic E-state index is 10.9. The van der Waals surface area contributed by atoms with E-state index in [-0.39, 0.29) is 12.5 Å². The number of aliphatic carboxylic acids is 1. The van der Waals surface area contributed by atoms with Crippen LogP contribution in [0.5, 0.6) is 5.75 Å². The van der Waals surface area contributed by atoms with Crippen molar-refractivity contribution in [2.45, 2.75) is 52.7 Å². The predicted molar refractivity (Wildman–Crippen MR) is 134 cm³/mol. The summed E-state index contributed by atoms with van der Waals surface area (Å²) in [4.78, 5) is 19.0. The molecule has 0 amide bonds. The van der Waals surface area contributed by atoms with Crippen LogP contribution in [-0.2, 0) is 24.2 Å². The summed E-state index contributed by atoms with van der Waals surface area (Å²) >= 11 is 8.11. The highest BCUT2D eigenvalue weighted by Crippen LogP contribution is 2.39. The van der Waals surface area contributed by atoms with Crippen LogP contribution in [0.4, 0.5) is 0 Å². The van der Waals surface area contributed by atoms with E-state index in [1.165, 1.54) is 22.3 Å². The van der Waals surface area contributed by atoms with Gasteiger partial charge in [0, 0.05) is 31.4 Å². The molecular formula is C26H29ClN2O3S. The lowest BCUT2D eigenvalue weighted by molar-refractivity contribution is -0.137. The summed E-state index contributed by atoms with van der Waals surface area (Å²) in [7, 11) is 0. The number of benzene rings is 2. The van der Waals surface area contributed by atoms with Crippen molar-refractivity contribution in [3.63, 3.8) is 0 Å². The van der Waals surface area contributed by atoms with Gasteiger partial charge in [-0.1, -0.05) is 30.7 Å². The van der Waals surface area contributed by atoms with Crippen molar-refractivity contribution >= 4 is 28.9 Å². The fraction of sp³-hybridized carbons (Fsp3) is 0.385. The number of ether oxygens (including phenoxy) is 1. The molecule has 0 radical (unpaired) electrons. The zero-order chi connectivity index (χ0) is 23.5. The van der Waals surface area contributed by atoms with Gasteiger partial charge in [-0.25, -0.2) is 4.98 Å². The first-order valence-corrected chi connectivity index (χ1v) is 12.6. The highest BCUT2D eigenvalue weighted by molar-refractivity contribution is 7.18. The van der Waals surface area contributed by atoms with Crippen LogP contribution < -0.4 is 4.74 Å². The second-order valence-electron chi connectivity index (χ2n) is 8.59. The lowest BCUT2D eigenvalue weighted by Crippen LogP contribution is -2.33. The second-order valence-corrected chi connectivity index (χ2v) is 10.0. The van der Waals surface area contributed by atoms with Gasteiger partial charge in [0.15, 0.2) is 0 Å². The van der Waals surface area contributed by atoms with Crippen molar-refractivity contribution in [2.24, 2.45) is 0 Å². The molecule has 0 bridgehead atoms. The molecule has 1 aromatic heterocycles. The minimum Gasteiger partial charge on any atom is -0.489 e. The van der Waals surface area contributed by atoms with Crippen LogP contribution in [0, 0.1) is 0 Å². The van der Waals surface area contributed by atoms with E-state index in [1.54, 1.807) is 11.3 Å². The number of carbonyl (C=O) groups is 1. The number of nitrogens with zero attached hydrogens (tertiary/aromatic N) is 2. The van der Waals surface area contributed by atoms with Crippen molar-refractivity contribution in [1.29, 1.82) is 0 Å². The third kappa shape index (κ3) is 5.40. The largest absolute Gasteiger partial charge is 0.489 e. The molecule has 174 valence electrons. The summed E-state index contributed by atoms with van der Waals surface area (Å²) in [6.07, 6.45) is 4.11. The van der Waals surface area contributed by atoms with E-state index in [0.717, 1.165) is 41.4 Å². The molecule has 0 atom stereocenters. The first kappa shape index (κ1) is 23.7. The summed E-state index contributed by atoms with van der Waals surface area (Å²) in [5, 5.41) is 10.5. The number of hydrogen-bond acceptors (Lipinski definition) is 5. The molecular weight excluding hydrogens is 456 g/mol. The fourth-order valence-electron chi connectivity index (χ4n) is 4.39. The van der Waals surface area contributed by atoms with Gasteiger partial charge in [-0.15, -0.1) is 11.3 Å². The molecule has 0 fully saturated rings. The van der Waals surface area contributed by atoms with Crippen LogP contribution >= 0.6 is 22.9 Å². The molecule has 1 N–H and O–H groups in total. The van der Waals surface area contributed by atoms with Crippen LogP contribution in [0.1, 0.15) is 43.9 Å². The number of hydrogen-bond donors (Lipinski definition) is 1. The van der Waals surface area contributed by atoms with E-state index in [1.807, 2.05) is 38.2 Å². The monoisotopic (exact) mass is 484 g/mol. The lowest BCUT2D eigenvalue weighted by atomic mass is 9.89. The summed E-state index contributed by atoms with van der Waals surface area (Å²) in [6.45, 7) is 8.47. The molecule has 0 saturated heterocycles. The first-order chi connectivity index (χ1) is 15.9. The molecule has 7 heteroatoms. The molecule has 3 aromatic rings. The molecule has 33 heavy (non-hydrogen) atoms. The first-order valence-electron chi connectivity index (χ1n) is 11.4. The molecule has 1 aliphatic heterocycles. The van der Waals surface area contributed by atoms with Crippen molar-refractivity contribution < 1.29 is 14.6 Å². The molecule has 0 unspecified atom stereocenters. The van der Waals surface area contributed by atoms with Crippen LogP contribution in [-0.4, -0.2) is 40.2 Å². The number of rotatable bonds is 8. The Balaban J connectivity index is 1.59. The van der Waals surface area contributed by atoms with Crippen LogP contribution in [0.15, 0.2) is 36.5 Å². The third-order valence-corrected chi connectivity index (χ3v) is 7.28. The molecule has 4 rings (SSSR count). The van der Waals surface area contributed by atoms with Crippen LogP contribution in [0.3, 0.4) is 0 Å². The van der Waals surface area contributed by atoms with E-state index in [9.17, 15) is 4.79 Å². The van der Waals surface area contributed by atoms with Gasteiger partial charge >= 0.3 is 5.97 Å². The molecule has 2 aromatic carbocycles. The maximum Gasteiger partial charge on any atom is 0.304 e. The Morgan fingerprint density at radius 2 is 2.12 bits per heavy atom. The topological polar surface area (TPSA) is 62.7 Å². The predicted octanol–water partition coefficient (Wildman–Crippen LogP) is 6.31. The van der Waals surface area contributed by atoms with Crippen molar-refractivity contribution in [2.75, 3.05) is 13.1 Å². The van der Waals surface area contributed by atoms with Crippen molar-refractivity contribution in [3.05, 3.63) is 58.2 Å². The highest BCUT2D eigenvalue weighted by Gasteiger charge is 2.22. The Morgan fingerprint density at radius 3 is 2.82 bits per heavy atom. The maximum absolute atomic E-state index is 10.9. The Morgan fingerprint density at radius 1 is 1.30 bits per heavy atom. The molecule has 5 nitrogen and oxygen atoms in total. The van der Waals surface area contributed by atoms with Gasteiger partial charge in [0.25, 0.3) is 0 Å². The van der Waals surface area contributed by atoms with E-state index in [2.05, 4.69) is 24.0 Å². The molecule has 0 spiro atoms. The molecule has 1 aliphatic rings. The third-order valence-electron chi connectivity index (χ3n) is 5.91. The van der Waals surface area contributed by atoms with E-state index in [0.29, 0.717) is 17.3 Å². The minimum absolute atomic E-state index is 0.0699. The number of carboxylic acid groups (broad SMARTS) is 1. The Bertz CT molecular complexity index is 1160.